The summed E-state index contributed by atoms with van der Waals surface area (Å²) >= 11 is 0. The third kappa shape index (κ3) is 6.14. The number of nitrogens with one attached hydrogen (secondary N) is 1. The number of carbonyl (C=O) groups is 1. The van der Waals surface area contributed by atoms with Gasteiger partial charge in [0.1, 0.15) is 5.75 Å². The van der Waals surface area contributed by atoms with Crippen molar-refractivity contribution < 1.29 is 17.9 Å². The summed E-state index contributed by atoms with van der Waals surface area (Å²) in [7, 11) is -3.50. The van der Waals surface area contributed by atoms with Gasteiger partial charge in [0.15, 0.2) is 0 Å². The number of ether oxygens (including phenoxy) is 1. The maximum absolute atomic E-state index is 12.8. The van der Waals surface area contributed by atoms with Crippen LogP contribution < -0.4 is 14.4 Å². The fourth-order valence-corrected chi connectivity index (χ4v) is 4.61. The second-order valence-corrected chi connectivity index (χ2v) is 10.2. The van der Waals surface area contributed by atoms with Crippen molar-refractivity contribution in [3.63, 3.8) is 0 Å². The Bertz CT molecular complexity index is 1220. The van der Waals surface area contributed by atoms with Crippen LogP contribution in [0, 0.1) is 13.8 Å². The Morgan fingerprint density at radius 3 is 2.12 bits per heavy atom. The molecule has 0 aliphatic carbocycles. The molecule has 3 aromatic rings. The van der Waals surface area contributed by atoms with Crippen molar-refractivity contribution in [2.75, 3.05) is 15.9 Å². The van der Waals surface area contributed by atoms with Crippen LogP contribution in [0.3, 0.4) is 0 Å². The van der Waals surface area contributed by atoms with E-state index < -0.39 is 10.0 Å². The lowest BCUT2D eigenvalue weighted by atomic mass is 10.1. The number of nitrogens with zero attached hydrogens (tertiary/aromatic N) is 1. The SMILES string of the molecule is Cc1cccc(C)c1N(Cc1ccc(C(=O)Nc2ccccc2OC(C)C)cc1)S(C)(=O)=O. The number of carbonyl (C=O) groups excluding carboxylic acids is 1. The Morgan fingerprint density at radius 1 is 0.939 bits per heavy atom. The van der Waals surface area contributed by atoms with E-state index in [2.05, 4.69) is 5.32 Å². The van der Waals surface area contributed by atoms with Crippen LogP contribution in [0.5, 0.6) is 5.75 Å². The van der Waals surface area contributed by atoms with Crippen molar-refractivity contribution in [3.8, 4) is 5.75 Å². The van der Waals surface area contributed by atoms with Gasteiger partial charge < -0.3 is 10.1 Å². The van der Waals surface area contributed by atoms with Crippen molar-refractivity contribution in [1.82, 2.24) is 0 Å². The highest BCUT2D eigenvalue weighted by Gasteiger charge is 2.21. The molecule has 0 aliphatic heterocycles. The van der Waals surface area contributed by atoms with E-state index in [0.29, 0.717) is 22.7 Å². The minimum Gasteiger partial charge on any atom is -0.489 e. The van der Waals surface area contributed by atoms with Crippen LogP contribution in [0.1, 0.15) is 40.9 Å². The van der Waals surface area contributed by atoms with Gasteiger partial charge in [-0.05, 0) is 68.7 Å². The number of hydrogen-bond donors (Lipinski definition) is 1. The van der Waals surface area contributed by atoms with E-state index >= 15 is 0 Å². The lowest BCUT2D eigenvalue weighted by Gasteiger charge is -2.26. The normalized spacial score (nSPS) is 11.3. The first-order chi connectivity index (χ1) is 15.6. The summed E-state index contributed by atoms with van der Waals surface area (Å²) in [6.45, 7) is 7.83. The molecule has 0 spiro atoms. The van der Waals surface area contributed by atoms with Crippen LogP contribution in [0.25, 0.3) is 0 Å². The molecule has 0 aliphatic rings. The van der Waals surface area contributed by atoms with Crippen molar-refractivity contribution in [1.29, 1.82) is 0 Å². The number of para-hydroxylation sites is 3. The zero-order chi connectivity index (χ0) is 24.2. The molecule has 0 bridgehead atoms. The topological polar surface area (TPSA) is 75.7 Å². The van der Waals surface area contributed by atoms with E-state index in [1.54, 1.807) is 30.3 Å². The van der Waals surface area contributed by atoms with Crippen LogP contribution in [-0.2, 0) is 16.6 Å². The number of benzene rings is 3. The molecule has 0 saturated carbocycles. The zero-order valence-corrected chi connectivity index (χ0v) is 20.4. The highest BCUT2D eigenvalue weighted by molar-refractivity contribution is 7.92. The van der Waals surface area contributed by atoms with E-state index in [0.717, 1.165) is 16.7 Å². The Hall–Kier alpha value is -3.32. The molecule has 0 aromatic heterocycles. The minimum atomic E-state index is -3.50. The summed E-state index contributed by atoms with van der Waals surface area (Å²) in [4.78, 5) is 12.8. The number of anilines is 2. The second kappa shape index (κ2) is 10.1. The van der Waals surface area contributed by atoms with Crippen LogP contribution in [0.15, 0.2) is 66.7 Å². The predicted octanol–water partition coefficient (Wildman–Crippen LogP) is 5.31. The molecule has 6 nitrogen and oxygen atoms in total. The number of sulfonamides is 1. The summed E-state index contributed by atoms with van der Waals surface area (Å²) < 4.78 is 32.3. The molecular weight excluding hydrogens is 436 g/mol. The smallest absolute Gasteiger partial charge is 0.255 e. The first-order valence-electron chi connectivity index (χ1n) is 10.8. The molecule has 1 N–H and O–H groups in total. The van der Waals surface area contributed by atoms with Gasteiger partial charge in [0.05, 0.1) is 30.3 Å². The average Bonchev–Trinajstić information content (AvgIpc) is 2.73. The molecule has 3 aromatic carbocycles. The molecule has 1 amide bonds. The van der Waals surface area contributed by atoms with Crippen molar-refractivity contribution in [2.45, 2.75) is 40.3 Å². The van der Waals surface area contributed by atoms with Gasteiger partial charge in [0.2, 0.25) is 10.0 Å². The van der Waals surface area contributed by atoms with Gasteiger partial charge in [-0.1, -0.05) is 42.5 Å². The maximum atomic E-state index is 12.8. The molecule has 0 atom stereocenters. The molecule has 0 fully saturated rings. The first-order valence-corrected chi connectivity index (χ1v) is 12.6. The quantitative estimate of drug-likeness (QED) is 0.488. The van der Waals surface area contributed by atoms with E-state index in [-0.39, 0.29) is 18.6 Å². The molecule has 3 rings (SSSR count). The Labute approximate surface area is 196 Å². The summed E-state index contributed by atoms with van der Waals surface area (Å²) in [5.74, 6) is 0.339. The number of aryl methyl sites for hydroxylation is 2. The number of rotatable bonds is 8. The lowest BCUT2D eigenvalue weighted by molar-refractivity contribution is 0.102. The van der Waals surface area contributed by atoms with Gasteiger partial charge >= 0.3 is 0 Å². The fraction of sp³-hybridized carbons (Fsp3) is 0.269. The number of hydrogen-bond acceptors (Lipinski definition) is 4. The van der Waals surface area contributed by atoms with Gasteiger partial charge in [-0.3, -0.25) is 9.10 Å². The van der Waals surface area contributed by atoms with E-state index in [1.807, 2.05) is 64.1 Å². The van der Waals surface area contributed by atoms with Crippen LogP contribution >= 0.6 is 0 Å². The third-order valence-corrected chi connectivity index (χ3v) is 6.24. The van der Waals surface area contributed by atoms with E-state index in [1.165, 1.54) is 10.6 Å². The fourth-order valence-electron chi connectivity index (χ4n) is 3.61. The van der Waals surface area contributed by atoms with Gasteiger partial charge in [0, 0.05) is 5.56 Å². The van der Waals surface area contributed by atoms with Crippen LogP contribution in [-0.4, -0.2) is 26.7 Å². The van der Waals surface area contributed by atoms with Gasteiger partial charge in [-0.15, -0.1) is 0 Å². The molecular formula is C26H30N2O4S. The van der Waals surface area contributed by atoms with Gasteiger partial charge in [0.25, 0.3) is 5.91 Å². The third-order valence-electron chi connectivity index (χ3n) is 5.13. The Balaban J connectivity index is 1.80. The van der Waals surface area contributed by atoms with Crippen LogP contribution in [0.4, 0.5) is 11.4 Å². The van der Waals surface area contributed by atoms with Gasteiger partial charge in [-0.2, -0.15) is 0 Å². The van der Waals surface area contributed by atoms with Gasteiger partial charge in [-0.25, -0.2) is 8.42 Å². The molecule has 7 heteroatoms. The summed E-state index contributed by atoms with van der Waals surface area (Å²) in [5.41, 5.74) is 4.30. The first kappa shape index (κ1) is 24.3. The molecule has 0 unspecified atom stereocenters. The zero-order valence-electron chi connectivity index (χ0n) is 19.6. The standard InChI is InChI=1S/C26H30N2O4S/c1-18(2)32-24-12-7-6-11-23(24)27-26(29)22-15-13-21(14-16-22)17-28(33(5,30)31)25-19(3)9-8-10-20(25)4/h6-16,18H,17H2,1-5H3,(H,27,29). The van der Waals surface area contributed by atoms with Crippen LogP contribution in [0.2, 0.25) is 0 Å². The van der Waals surface area contributed by atoms with Crippen molar-refractivity contribution in [3.05, 3.63) is 89.0 Å². The molecule has 0 heterocycles. The Morgan fingerprint density at radius 2 is 1.55 bits per heavy atom. The monoisotopic (exact) mass is 466 g/mol. The van der Waals surface area contributed by atoms with E-state index in [9.17, 15) is 13.2 Å². The largest absolute Gasteiger partial charge is 0.489 e. The highest BCUT2D eigenvalue weighted by Crippen LogP contribution is 2.29. The second-order valence-electron chi connectivity index (χ2n) is 8.32. The predicted molar refractivity (Wildman–Crippen MR) is 134 cm³/mol. The molecule has 33 heavy (non-hydrogen) atoms. The average molecular weight is 467 g/mol. The van der Waals surface area contributed by atoms with Crippen molar-refractivity contribution in [2.24, 2.45) is 0 Å². The molecule has 174 valence electrons. The molecule has 0 radical (unpaired) electrons. The Kier molecular flexibility index (Phi) is 7.43. The van der Waals surface area contributed by atoms with Crippen molar-refractivity contribution >= 4 is 27.3 Å². The summed E-state index contributed by atoms with van der Waals surface area (Å²) in [5, 5.41) is 2.89. The summed E-state index contributed by atoms with van der Waals surface area (Å²) in [6.07, 6.45) is 1.19. The highest BCUT2D eigenvalue weighted by atomic mass is 32.2. The lowest BCUT2D eigenvalue weighted by Crippen LogP contribution is -2.30. The maximum Gasteiger partial charge on any atom is 0.255 e. The number of amides is 1. The van der Waals surface area contributed by atoms with E-state index in [4.69, 9.17) is 4.74 Å². The minimum absolute atomic E-state index is 0.0167. The molecule has 0 saturated heterocycles. The summed E-state index contributed by atoms with van der Waals surface area (Å²) in [6, 6.07) is 19.9.